The summed E-state index contributed by atoms with van der Waals surface area (Å²) in [4.78, 5) is 2.27. The molecular weight excluding hydrogens is 202 g/mol. The van der Waals surface area contributed by atoms with E-state index in [1.54, 1.807) is 7.11 Å². The van der Waals surface area contributed by atoms with Gasteiger partial charge in [-0.3, -0.25) is 4.90 Å². The zero-order valence-corrected chi connectivity index (χ0v) is 9.94. The van der Waals surface area contributed by atoms with Crippen LogP contribution in [0.2, 0.25) is 0 Å². The zero-order valence-electron chi connectivity index (χ0n) is 9.94. The van der Waals surface area contributed by atoms with Crippen molar-refractivity contribution in [2.75, 3.05) is 20.2 Å². The summed E-state index contributed by atoms with van der Waals surface area (Å²) in [5.74, 6) is 0.937. The molecule has 1 N–H and O–H groups in total. The molecule has 1 saturated heterocycles. The maximum absolute atomic E-state index is 9.49. The first-order chi connectivity index (χ1) is 7.69. The SMILES string of the molecule is COc1ccc(C)cc1CN1CC[C@@H](O)C1. The molecule has 0 unspecified atom stereocenters. The molecule has 0 radical (unpaired) electrons. The van der Waals surface area contributed by atoms with Crippen LogP contribution in [0.5, 0.6) is 5.75 Å². The highest BCUT2D eigenvalue weighted by Crippen LogP contribution is 2.23. The summed E-state index contributed by atoms with van der Waals surface area (Å²) in [7, 11) is 1.70. The van der Waals surface area contributed by atoms with E-state index in [1.807, 2.05) is 6.07 Å². The summed E-state index contributed by atoms with van der Waals surface area (Å²) in [5.41, 5.74) is 2.45. The molecule has 1 fully saturated rings. The van der Waals surface area contributed by atoms with Crippen LogP contribution < -0.4 is 4.74 Å². The molecule has 88 valence electrons. The molecule has 1 atom stereocenters. The minimum atomic E-state index is -0.157. The number of β-amino-alcohol motifs (C(OH)–C–C–N with tert-alkyl or cyclic N) is 1. The smallest absolute Gasteiger partial charge is 0.123 e. The largest absolute Gasteiger partial charge is 0.496 e. The van der Waals surface area contributed by atoms with Gasteiger partial charge in [-0.05, 0) is 19.4 Å². The van der Waals surface area contributed by atoms with Crippen LogP contribution in [-0.2, 0) is 6.54 Å². The van der Waals surface area contributed by atoms with Gasteiger partial charge in [-0.25, -0.2) is 0 Å². The summed E-state index contributed by atoms with van der Waals surface area (Å²) < 4.78 is 5.35. The Hall–Kier alpha value is -1.06. The number of aliphatic hydroxyl groups is 1. The van der Waals surface area contributed by atoms with E-state index in [4.69, 9.17) is 4.74 Å². The average Bonchev–Trinajstić information content (AvgIpc) is 2.64. The van der Waals surface area contributed by atoms with Crippen LogP contribution in [0.1, 0.15) is 17.5 Å². The molecule has 1 aliphatic rings. The van der Waals surface area contributed by atoms with Crippen molar-refractivity contribution in [1.82, 2.24) is 4.90 Å². The van der Waals surface area contributed by atoms with E-state index >= 15 is 0 Å². The number of rotatable bonds is 3. The van der Waals surface area contributed by atoms with Crippen LogP contribution >= 0.6 is 0 Å². The highest BCUT2D eigenvalue weighted by Gasteiger charge is 2.20. The van der Waals surface area contributed by atoms with Crippen molar-refractivity contribution in [1.29, 1.82) is 0 Å². The van der Waals surface area contributed by atoms with Crippen LogP contribution in [0.3, 0.4) is 0 Å². The number of ether oxygens (including phenoxy) is 1. The first-order valence-electron chi connectivity index (χ1n) is 5.73. The van der Waals surface area contributed by atoms with E-state index in [-0.39, 0.29) is 6.10 Å². The average molecular weight is 221 g/mol. The van der Waals surface area contributed by atoms with Gasteiger partial charge in [0.25, 0.3) is 0 Å². The number of nitrogens with zero attached hydrogens (tertiary/aromatic N) is 1. The van der Waals surface area contributed by atoms with Gasteiger partial charge in [0, 0.05) is 25.2 Å². The van der Waals surface area contributed by atoms with Crippen molar-refractivity contribution in [3.8, 4) is 5.75 Å². The monoisotopic (exact) mass is 221 g/mol. The lowest BCUT2D eigenvalue weighted by atomic mass is 10.1. The van der Waals surface area contributed by atoms with Gasteiger partial charge < -0.3 is 9.84 Å². The van der Waals surface area contributed by atoms with E-state index in [0.717, 1.165) is 31.8 Å². The fourth-order valence-electron chi connectivity index (χ4n) is 2.23. The van der Waals surface area contributed by atoms with Crippen LogP contribution in [0, 0.1) is 6.92 Å². The third kappa shape index (κ3) is 2.54. The summed E-state index contributed by atoms with van der Waals surface area (Å²) in [6.07, 6.45) is 0.726. The number of hydrogen-bond acceptors (Lipinski definition) is 3. The third-order valence-corrected chi connectivity index (χ3v) is 3.08. The Morgan fingerprint density at radius 3 is 2.94 bits per heavy atom. The first-order valence-corrected chi connectivity index (χ1v) is 5.73. The number of methoxy groups -OCH3 is 1. The van der Waals surface area contributed by atoms with Gasteiger partial charge in [-0.15, -0.1) is 0 Å². The van der Waals surface area contributed by atoms with Gasteiger partial charge in [0.15, 0.2) is 0 Å². The highest BCUT2D eigenvalue weighted by molar-refractivity contribution is 5.36. The van der Waals surface area contributed by atoms with Crippen molar-refractivity contribution in [2.45, 2.75) is 26.0 Å². The highest BCUT2D eigenvalue weighted by atomic mass is 16.5. The zero-order chi connectivity index (χ0) is 11.5. The second-order valence-corrected chi connectivity index (χ2v) is 4.49. The maximum atomic E-state index is 9.49. The number of aryl methyl sites for hydroxylation is 1. The van der Waals surface area contributed by atoms with Gasteiger partial charge >= 0.3 is 0 Å². The molecule has 1 heterocycles. The molecule has 0 aromatic heterocycles. The summed E-state index contributed by atoms with van der Waals surface area (Å²) in [6.45, 7) is 4.69. The van der Waals surface area contributed by atoms with Crippen LogP contribution in [0.15, 0.2) is 18.2 Å². The van der Waals surface area contributed by atoms with Crippen molar-refractivity contribution < 1.29 is 9.84 Å². The Morgan fingerprint density at radius 2 is 2.31 bits per heavy atom. The number of benzene rings is 1. The van der Waals surface area contributed by atoms with Crippen LogP contribution in [0.4, 0.5) is 0 Å². The van der Waals surface area contributed by atoms with Crippen LogP contribution in [0.25, 0.3) is 0 Å². The standard InChI is InChI=1S/C13H19NO2/c1-10-3-4-13(16-2)11(7-10)8-14-6-5-12(15)9-14/h3-4,7,12,15H,5-6,8-9H2,1-2H3/t12-/m1/s1. The Morgan fingerprint density at radius 1 is 1.50 bits per heavy atom. The lowest BCUT2D eigenvalue weighted by Crippen LogP contribution is -2.21. The maximum Gasteiger partial charge on any atom is 0.123 e. The molecule has 1 aliphatic heterocycles. The van der Waals surface area contributed by atoms with Gasteiger partial charge in [0.2, 0.25) is 0 Å². The summed E-state index contributed by atoms with van der Waals surface area (Å²) >= 11 is 0. The van der Waals surface area contributed by atoms with Crippen molar-refractivity contribution >= 4 is 0 Å². The molecule has 0 aliphatic carbocycles. The molecule has 0 spiro atoms. The topological polar surface area (TPSA) is 32.7 Å². The number of aliphatic hydroxyl groups excluding tert-OH is 1. The molecule has 1 aromatic rings. The summed E-state index contributed by atoms with van der Waals surface area (Å²) in [5, 5.41) is 9.49. The number of likely N-dealkylation sites (tertiary alicyclic amines) is 1. The van der Waals surface area contributed by atoms with E-state index < -0.39 is 0 Å². The first kappa shape index (κ1) is 11.4. The Labute approximate surface area is 96.6 Å². The minimum Gasteiger partial charge on any atom is -0.496 e. The summed E-state index contributed by atoms with van der Waals surface area (Å²) in [6, 6.07) is 6.22. The van der Waals surface area contributed by atoms with E-state index in [1.165, 1.54) is 11.1 Å². The fraction of sp³-hybridized carbons (Fsp3) is 0.538. The normalized spacial score (nSPS) is 21.3. The molecule has 3 nitrogen and oxygen atoms in total. The third-order valence-electron chi connectivity index (χ3n) is 3.08. The quantitative estimate of drug-likeness (QED) is 0.841. The molecule has 3 heteroatoms. The van der Waals surface area contributed by atoms with E-state index in [9.17, 15) is 5.11 Å². The second-order valence-electron chi connectivity index (χ2n) is 4.49. The predicted molar refractivity (Wildman–Crippen MR) is 63.6 cm³/mol. The van der Waals surface area contributed by atoms with E-state index in [0.29, 0.717) is 0 Å². The molecule has 1 aromatic carbocycles. The van der Waals surface area contributed by atoms with Gasteiger partial charge in [0.1, 0.15) is 5.75 Å². The Kier molecular flexibility index (Phi) is 3.46. The van der Waals surface area contributed by atoms with Crippen molar-refractivity contribution in [3.05, 3.63) is 29.3 Å². The molecule has 16 heavy (non-hydrogen) atoms. The Bertz CT molecular complexity index is 365. The lowest BCUT2D eigenvalue weighted by molar-refractivity contribution is 0.174. The lowest BCUT2D eigenvalue weighted by Gasteiger charge is -2.17. The molecular formula is C13H19NO2. The molecule has 0 saturated carbocycles. The predicted octanol–water partition coefficient (Wildman–Crippen LogP) is 1.57. The van der Waals surface area contributed by atoms with Crippen molar-refractivity contribution in [2.24, 2.45) is 0 Å². The van der Waals surface area contributed by atoms with E-state index in [2.05, 4.69) is 24.0 Å². The molecule has 2 rings (SSSR count). The molecule has 0 bridgehead atoms. The van der Waals surface area contributed by atoms with Gasteiger partial charge in [-0.1, -0.05) is 17.7 Å². The minimum absolute atomic E-state index is 0.157. The fourth-order valence-corrected chi connectivity index (χ4v) is 2.23. The molecule has 0 amide bonds. The van der Waals surface area contributed by atoms with Gasteiger partial charge in [0.05, 0.1) is 13.2 Å². The van der Waals surface area contributed by atoms with Crippen molar-refractivity contribution in [3.63, 3.8) is 0 Å². The second kappa shape index (κ2) is 4.85. The number of hydrogen-bond donors (Lipinski definition) is 1. The van der Waals surface area contributed by atoms with Gasteiger partial charge in [-0.2, -0.15) is 0 Å². The Balaban J connectivity index is 2.10. The van der Waals surface area contributed by atoms with Crippen LogP contribution in [-0.4, -0.2) is 36.3 Å².